The van der Waals surface area contributed by atoms with Crippen LogP contribution in [0.1, 0.15) is 48.5 Å². The van der Waals surface area contributed by atoms with Crippen molar-refractivity contribution in [2.45, 2.75) is 33.1 Å². The van der Waals surface area contributed by atoms with Crippen molar-refractivity contribution in [1.82, 2.24) is 5.43 Å². The smallest absolute Gasteiger partial charge is 0.345 e. The topological polar surface area (TPSA) is 94.0 Å². The maximum Gasteiger partial charge on any atom is 0.345 e. The van der Waals surface area contributed by atoms with Crippen molar-refractivity contribution in [2.24, 2.45) is 5.10 Å². The van der Waals surface area contributed by atoms with Crippen LogP contribution in [0, 0.1) is 0 Å². The molecule has 0 radical (unpaired) electrons. The van der Waals surface area contributed by atoms with Gasteiger partial charge in [-0.05, 0) is 47.8 Å². The average Bonchev–Trinajstić information content (AvgIpc) is 3.32. The number of thiocarbonyl (C=S) groups is 1. The molecule has 0 unspecified atom stereocenters. The second-order valence-corrected chi connectivity index (χ2v) is 10.3. The van der Waals surface area contributed by atoms with Crippen molar-refractivity contribution in [2.75, 3.05) is 5.32 Å². The van der Waals surface area contributed by atoms with Gasteiger partial charge in [-0.2, -0.15) is 5.10 Å². The third kappa shape index (κ3) is 5.49. The minimum Gasteiger partial charge on any atom is -0.506 e. The summed E-state index contributed by atoms with van der Waals surface area (Å²) in [6.45, 7) is 8.27. The van der Waals surface area contributed by atoms with E-state index in [4.69, 9.17) is 17.3 Å². The van der Waals surface area contributed by atoms with E-state index in [1.54, 1.807) is 13.0 Å². The first-order valence-electron chi connectivity index (χ1n) is 9.42. The molecule has 0 saturated heterocycles. The number of thiophene rings is 2. The van der Waals surface area contributed by atoms with Gasteiger partial charge in [0.2, 0.25) is 0 Å². The molecule has 3 rings (SSSR count). The Bertz CT molecular complexity index is 1140. The van der Waals surface area contributed by atoms with Crippen LogP contribution in [0.5, 0.6) is 5.75 Å². The molecule has 0 fully saturated rings. The largest absolute Gasteiger partial charge is 0.506 e. The number of aromatic hydroxyl groups is 1. The molecule has 1 aromatic carbocycles. The fraction of sp³-hybridized carbons (Fsp3) is 0.227. The van der Waals surface area contributed by atoms with E-state index >= 15 is 0 Å². The van der Waals surface area contributed by atoms with Crippen LogP contribution in [0.3, 0.4) is 0 Å². The standard InChI is InChI=1S/C22H23N3O3S3/c1-12(24-25-21(29)23-17-10-9-16(31-17)20(27)28)15-11-30-19(18(15)26)13-5-7-14(8-6-13)22(2,3)4/h5-11,26H,1-4H3,(H,27,28)(H2,23,25,29)/b24-12+. The molecule has 3 aromatic rings. The molecule has 31 heavy (non-hydrogen) atoms. The van der Waals surface area contributed by atoms with Crippen LogP contribution in [0.25, 0.3) is 10.4 Å². The van der Waals surface area contributed by atoms with Gasteiger partial charge in [-0.1, -0.05) is 45.0 Å². The summed E-state index contributed by atoms with van der Waals surface area (Å²) in [6.07, 6.45) is 0. The number of nitrogens with zero attached hydrogens (tertiary/aromatic N) is 1. The monoisotopic (exact) mass is 473 g/mol. The molecular weight excluding hydrogens is 450 g/mol. The molecule has 0 aliphatic heterocycles. The quantitative estimate of drug-likeness (QED) is 0.210. The van der Waals surface area contributed by atoms with E-state index < -0.39 is 5.97 Å². The minimum atomic E-state index is -0.984. The highest BCUT2D eigenvalue weighted by molar-refractivity contribution is 7.80. The Morgan fingerprint density at radius 2 is 1.81 bits per heavy atom. The number of aromatic carboxylic acids is 1. The first kappa shape index (κ1) is 22.9. The molecule has 9 heteroatoms. The Morgan fingerprint density at radius 3 is 2.39 bits per heavy atom. The highest BCUT2D eigenvalue weighted by Gasteiger charge is 2.17. The normalized spacial score (nSPS) is 11.9. The van der Waals surface area contributed by atoms with Crippen molar-refractivity contribution in [1.29, 1.82) is 0 Å². The van der Waals surface area contributed by atoms with Gasteiger partial charge in [0.05, 0.1) is 21.2 Å². The zero-order valence-corrected chi connectivity index (χ0v) is 20.0. The molecule has 2 aromatic heterocycles. The summed E-state index contributed by atoms with van der Waals surface area (Å²) in [5.74, 6) is -0.803. The summed E-state index contributed by atoms with van der Waals surface area (Å²) in [5, 5.41) is 29.5. The van der Waals surface area contributed by atoms with Gasteiger partial charge in [0.1, 0.15) is 10.6 Å². The Labute approximate surface area is 194 Å². The number of carbonyl (C=O) groups is 1. The van der Waals surface area contributed by atoms with Crippen molar-refractivity contribution in [3.63, 3.8) is 0 Å². The van der Waals surface area contributed by atoms with Gasteiger partial charge in [0.25, 0.3) is 0 Å². The van der Waals surface area contributed by atoms with Gasteiger partial charge in [-0.25, -0.2) is 4.79 Å². The van der Waals surface area contributed by atoms with Gasteiger partial charge in [-0.3, -0.25) is 5.43 Å². The summed E-state index contributed by atoms with van der Waals surface area (Å²) < 4.78 is 0. The van der Waals surface area contributed by atoms with Gasteiger partial charge >= 0.3 is 5.97 Å². The number of hydrogen-bond donors (Lipinski definition) is 4. The molecule has 0 atom stereocenters. The second kappa shape index (κ2) is 9.17. The lowest BCUT2D eigenvalue weighted by Gasteiger charge is -2.19. The first-order chi connectivity index (χ1) is 14.6. The molecule has 0 aliphatic rings. The Morgan fingerprint density at radius 1 is 1.13 bits per heavy atom. The molecule has 6 nitrogen and oxygen atoms in total. The molecule has 0 bridgehead atoms. The van der Waals surface area contributed by atoms with Crippen LogP contribution in [0.4, 0.5) is 5.00 Å². The Balaban J connectivity index is 1.70. The van der Waals surface area contributed by atoms with E-state index in [1.165, 1.54) is 23.0 Å². The molecule has 0 spiro atoms. The molecular formula is C22H23N3O3S3. The van der Waals surface area contributed by atoms with Crippen molar-refractivity contribution >= 4 is 56.7 Å². The summed E-state index contributed by atoms with van der Waals surface area (Å²) in [4.78, 5) is 12.0. The van der Waals surface area contributed by atoms with Gasteiger partial charge < -0.3 is 15.5 Å². The summed E-state index contributed by atoms with van der Waals surface area (Å²) in [6, 6.07) is 11.4. The van der Waals surface area contributed by atoms with Crippen molar-refractivity contribution in [3.8, 4) is 16.2 Å². The number of rotatable bonds is 5. The molecule has 0 aliphatic carbocycles. The number of hydrogen-bond acceptors (Lipinski definition) is 6. The van der Waals surface area contributed by atoms with Crippen LogP contribution < -0.4 is 10.7 Å². The molecule has 0 saturated carbocycles. The highest BCUT2D eigenvalue weighted by atomic mass is 32.1. The number of benzene rings is 1. The maximum absolute atomic E-state index is 11.0. The van der Waals surface area contributed by atoms with E-state index in [0.29, 0.717) is 16.3 Å². The minimum absolute atomic E-state index is 0.0703. The third-order valence-electron chi connectivity index (χ3n) is 4.55. The van der Waals surface area contributed by atoms with Gasteiger partial charge in [-0.15, -0.1) is 22.7 Å². The van der Waals surface area contributed by atoms with Crippen molar-refractivity contribution in [3.05, 3.63) is 57.8 Å². The SMILES string of the molecule is C/C(=N\NC(=S)Nc1ccc(C(=O)O)s1)c1csc(-c2ccc(C(C)(C)C)cc2)c1O. The lowest BCUT2D eigenvalue weighted by molar-refractivity contribution is 0.0702. The maximum atomic E-state index is 11.0. The predicted molar refractivity (Wildman–Crippen MR) is 133 cm³/mol. The number of anilines is 1. The van der Waals surface area contributed by atoms with Crippen molar-refractivity contribution < 1.29 is 15.0 Å². The zero-order chi connectivity index (χ0) is 22.8. The first-order valence-corrected chi connectivity index (χ1v) is 11.5. The van der Waals surface area contributed by atoms with E-state index in [0.717, 1.165) is 21.8 Å². The second-order valence-electron chi connectivity index (χ2n) is 7.89. The van der Waals surface area contributed by atoms with E-state index in [2.05, 4.69) is 48.7 Å². The molecule has 0 amide bonds. The third-order valence-corrected chi connectivity index (χ3v) is 6.75. The Kier molecular flexibility index (Phi) is 6.78. The number of hydrazone groups is 1. The predicted octanol–water partition coefficient (Wildman–Crippen LogP) is 5.89. The highest BCUT2D eigenvalue weighted by Crippen LogP contribution is 2.39. The fourth-order valence-electron chi connectivity index (χ4n) is 2.79. The summed E-state index contributed by atoms with van der Waals surface area (Å²) in [5.41, 5.74) is 6.18. The number of carboxylic acid groups (broad SMARTS) is 1. The zero-order valence-electron chi connectivity index (χ0n) is 17.5. The summed E-state index contributed by atoms with van der Waals surface area (Å²) in [7, 11) is 0. The lowest BCUT2D eigenvalue weighted by atomic mass is 9.86. The van der Waals surface area contributed by atoms with Crippen LogP contribution in [0.15, 0.2) is 46.9 Å². The number of nitrogens with one attached hydrogen (secondary N) is 2. The Hall–Kier alpha value is -2.75. The van der Waals surface area contributed by atoms with E-state index in [-0.39, 0.29) is 21.2 Å². The fourth-order valence-corrected chi connectivity index (χ4v) is 4.77. The van der Waals surface area contributed by atoms with E-state index in [9.17, 15) is 9.90 Å². The van der Waals surface area contributed by atoms with Crippen LogP contribution in [-0.2, 0) is 5.41 Å². The van der Waals surface area contributed by atoms with Crippen LogP contribution in [-0.4, -0.2) is 27.0 Å². The number of carboxylic acids is 1. The lowest BCUT2D eigenvalue weighted by Crippen LogP contribution is -2.24. The molecule has 4 N–H and O–H groups in total. The van der Waals surface area contributed by atoms with E-state index in [1.807, 2.05) is 17.5 Å². The van der Waals surface area contributed by atoms with Gasteiger partial charge in [0, 0.05) is 5.38 Å². The van der Waals surface area contributed by atoms with Crippen LogP contribution in [0.2, 0.25) is 0 Å². The molecule has 162 valence electrons. The van der Waals surface area contributed by atoms with Gasteiger partial charge in [0.15, 0.2) is 5.11 Å². The van der Waals surface area contributed by atoms with Crippen LogP contribution >= 0.6 is 34.9 Å². The summed E-state index contributed by atoms with van der Waals surface area (Å²) >= 11 is 7.74. The molecule has 2 heterocycles. The average molecular weight is 474 g/mol.